The molecule has 4 rings (SSSR count). The first kappa shape index (κ1) is 24.0. The molecule has 1 aromatic heterocycles. The van der Waals surface area contributed by atoms with E-state index in [4.69, 9.17) is 4.74 Å². The van der Waals surface area contributed by atoms with Crippen LogP contribution in [0.15, 0.2) is 72.6 Å². The number of aromatic hydroxyl groups is 1. The van der Waals surface area contributed by atoms with Gasteiger partial charge in [-0.15, -0.1) is 0 Å². The summed E-state index contributed by atoms with van der Waals surface area (Å²) in [6, 6.07) is 13.9. The van der Waals surface area contributed by atoms with Crippen LogP contribution in [-0.4, -0.2) is 33.5 Å². The predicted molar refractivity (Wildman–Crippen MR) is 133 cm³/mol. The van der Waals surface area contributed by atoms with Crippen molar-refractivity contribution in [2.45, 2.75) is 39.2 Å². The molecule has 7 nitrogen and oxygen atoms in total. The van der Waals surface area contributed by atoms with E-state index in [1.54, 1.807) is 60.9 Å². The van der Waals surface area contributed by atoms with Crippen LogP contribution < -0.4 is 9.64 Å². The molecule has 1 atom stereocenters. The summed E-state index contributed by atoms with van der Waals surface area (Å²) in [6.07, 6.45) is 3.10. The van der Waals surface area contributed by atoms with E-state index in [2.05, 4.69) is 4.98 Å². The van der Waals surface area contributed by atoms with Crippen LogP contribution in [0, 0.1) is 0 Å². The average molecular weight is 473 g/mol. The fraction of sp³-hybridized carbons (Fsp3) is 0.250. The van der Waals surface area contributed by atoms with Crippen LogP contribution in [0.4, 0.5) is 5.69 Å². The van der Waals surface area contributed by atoms with E-state index < -0.39 is 17.7 Å². The number of aliphatic hydroxyl groups excluding tert-OH is 1. The molecule has 2 heterocycles. The lowest BCUT2D eigenvalue weighted by atomic mass is 9.84. The number of hydrogen-bond acceptors (Lipinski definition) is 6. The van der Waals surface area contributed by atoms with Gasteiger partial charge in [0, 0.05) is 23.5 Å². The average Bonchev–Trinajstić information content (AvgIpc) is 3.09. The third-order valence-electron chi connectivity index (χ3n) is 5.97. The Labute approximate surface area is 204 Å². The molecule has 1 fully saturated rings. The maximum atomic E-state index is 13.3. The van der Waals surface area contributed by atoms with Crippen molar-refractivity contribution in [3.05, 3.63) is 89.3 Å². The van der Waals surface area contributed by atoms with Gasteiger partial charge in [0.2, 0.25) is 0 Å². The predicted octanol–water partition coefficient (Wildman–Crippen LogP) is 5.11. The number of carbonyl (C=O) groups is 2. The summed E-state index contributed by atoms with van der Waals surface area (Å²) in [5, 5.41) is 21.9. The van der Waals surface area contributed by atoms with Crippen molar-refractivity contribution in [3.8, 4) is 11.5 Å². The molecule has 7 heteroatoms. The van der Waals surface area contributed by atoms with E-state index in [0.29, 0.717) is 23.5 Å². The summed E-state index contributed by atoms with van der Waals surface area (Å²) in [7, 11) is 0. The fourth-order valence-electron chi connectivity index (χ4n) is 4.31. The van der Waals surface area contributed by atoms with Crippen molar-refractivity contribution in [2.24, 2.45) is 0 Å². The minimum Gasteiger partial charge on any atom is -0.507 e. The number of amides is 1. The van der Waals surface area contributed by atoms with Gasteiger partial charge in [-0.3, -0.25) is 19.5 Å². The molecule has 1 saturated heterocycles. The van der Waals surface area contributed by atoms with E-state index in [-0.39, 0.29) is 28.2 Å². The molecule has 0 spiro atoms. The normalized spacial score (nSPS) is 17.6. The third-order valence-corrected chi connectivity index (χ3v) is 5.97. The molecule has 0 bridgehead atoms. The zero-order valence-electron chi connectivity index (χ0n) is 20.1. The quantitative estimate of drug-likeness (QED) is 0.304. The standard InChI is InChI=1S/C28H28N2O5/c1-5-35-22-11-10-18(16-19(22)28(2,3)4)25(32)23-24(17-12-14-29-15-13-17)30(27(34)26(23)33)20-8-6-7-9-21(20)31/h6-16,24,31-32H,5H2,1-4H3/b25-23-. The number of phenols is 1. The van der Waals surface area contributed by atoms with Crippen molar-refractivity contribution < 1.29 is 24.5 Å². The Morgan fingerprint density at radius 3 is 2.37 bits per heavy atom. The lowest BCUT2D eigenvalue weighted by Crippen LogP contribution is -2.29. The molecule has 2 aromatic carbocycles. The van der Waals surface area contributed by atoms with Crippen molar-refractivity contribution in [1.82, 2.24) is 4.98 Å². The van der Waals surface area contributed by atoms with Gasteiger partial charge in [-0.05, 0) is 60.4 Å². The second-order valence-electron chi connectivity index (χ2n) is 9.33. The first-order valence-electron chi connectivity index (χ1n) is 11.4. The van der Waals surface area contributed by atoms with E-state index in [9.17, 15) is 19.8 Å². The first-order chi connectivity index (χ1) is 16.6. The number of aliphatic hydroxyl groups is 1. The maximum Gasteiger partial charge on any atom is 0.300 e. The Balaban J connectivity index is 1.95. The number of pyridine rings is 1. The van der Waals surface area contributed by atoms with Gasteiger partial charge in [0.05, 0.1) is 23.9 Å². The molecule has 0 saturated carbocycles. The van der Waals surface area contributed by atoms with E-state index in [0.717, 1.165) is 5.56 Å². The molecule has 1 unspecified atom stereocenters. The highest BCUT2D eigenvalue weighted by Crippen LogP contribution is 2.45. The van der Waals surface area contributed by atoms with Gasteiger partial charge in [-0.25, -0.2) is 0 Å². The number of ether oxygens (including phenoxy) is 1. The van der Waals surface area contributed by atoms with E-state index in [1.807, 2.05) is 27.7 Å². The van der Waals surface area contributed by atoms with Crippen molar-refractivity contribution >= 4 is 23.1 Å². The molecule has 3 aromatic rings. The second kappa shape index (κ2) is 9.25. The molecule has 2 N–H and O–H groups in total. The molecular weight excluding hydrogens is 444 g/mol. The number of aromatic nitrogens is 1. The van der Waals surface area contributed by atoms with Crippen LogP contribution in [0.5, 0.6) is 11.5 Å². The third kappa shape index (κ3) is 4.37. The summed E-state index contributed by atoms with van der Waals surface area (Å²) in [5.74, 6) is -1.42. The minimum absolute atomic E-state index is 0.0616. The van der Waals surface area contributed by atoms with Crippen LogP contribution >= 0.6 is 0 Å². The molecule has 180 valence electrons. The Hall–Kier alpha value is -4.13. The van der Waals surface area contributed by atoms with Crippen molar-refractivity contribution in [1.29, 1.82) is 0 Å². The number of benzene rings is 2. The summed E-state index contributed by atoms with van der Waals surface area (Å²) in [4.78, 5) is 31.8. The van der Waals surface area contributed by atoms with Crippen molar-refractivity contribution in [2.75, 3.05) is 11.5 Å². The molecule has 1 amide bonds. The second-order valence-corrected chi connectivity index (χ2v) is 9.33. The SMILES string of the molecule is CCOc1ccc(/C(O)=C2/C(=O)C(=O)N(c3ccccc3O)C2c2ccncc2)cc1C(C)(C)C. The van der Waals surface area contributed by atoms with Gasteiger partial charge >= 0.3 is 0 Å². The highest BCUT2D eigenvalue weighted by molar-refractivity contribution is 6.51. The largest absolute Gasteiger partial charge is 0.507 e. The van der Waals surface area contributed by atoms with Gasteiger partial charge in [-0.1, -0.05) is 32.9 Å². The highest BCUT2D eigenvalue weighted by Gasteiger charge is 2.47. The van der Waals surface area contributed by atoms with Gasteiger partial charge in [-0.2, -0.15) is 0 Å². The lowest BCUT2D eigenvalue weighted by molar-refractivity contribution is -0.132. The Morgan fingerprint density at radius 1 is 1.06 bits per heavy atom. The number of ketones is 1. The van der Waals surface area contributed by atoms with Crippen molar-refractivity contribution in [3.63, 3.8) is 0 Å². The molecular formula is C28H28N2O5. The summed E-state index contributed by atoms with van der Waals surface area (Å²) < 4.78 is 5.78. The molecule has 1 aliphatic heterocycles. The van der Waals surface area contributed by atoms with Crippen LogP contribution in [0.25, 0.3) is 5.76 Å². The molecule has 35 heavy (non-hydrogen) atoms. The number of hydrogen-bond donors (Lipinski definition) is 2. The maximum absolute atomic E-state index is 13.3. The molecule has 0 radical (unpaired) electrons. The number of phenolic OH excluding ortho intramolecular Hbond substituents is 1. The van der Waals surface area contributed by atoms with Crippen LogP contribution in [0.1, 0.15) is 50.4 Å². The summed E-state index contributed by atoms with van der Waals surface area (Å²) in [6.45, 7) is 8.48. The Kier molecular flexibility index (Phi) is 6.35. The number of para-hydroxylation sites is 2. The zero-order valence-corrected chi connectivity index (χ0v) is 20.1. The topological polar surface area (TPSA) is 100.0 Å². The van der Waals surface area contributed by atoms with E-state index in [1.165, 1.54) is 11.0 Å². The Bertz CT molecular complexity index is 1310. The summed E-state index contributed by atoms with van der Waals surface area (Å²) in [5.41, 5.74) is 1.65. The number of Topliss-reactive ketones (excluding diaryl/α,β-unsaturated/α-hetero) is 1. The minimum atomic E-state index is -0.948. The van der Waals surface area contributed by atoms with Gasteiger partial charge in [0.15, 0.2) is 0 Å². The van der Waals surface area contributed by atoms with Gasteiger partial charge in [0.25, 0.3) is 11.7 Å². The monoisotopic (exact) mass is 472 g/mol. The van der Waals surface area contributed by atoms with Gasteiger partial charge < -0.3 is 14.9 Å². The first-order valence-corrected chi connectivity index (χ1v) is 11.4. The zero-order chi connectivity index (χ0) is 25.3. The Morgan fingerprint density at radius 2 is 1.74 bits per heavy atom. The smallest absolute Gasteiger partial charge is 0.300 e. The highest BCUT2D eigenvalue weighted by atomic mass is 16.5. The summed E-state index contributed by atoms with van der Waals surface area (Å²) >= 11 is 0. The van der Waals surface area contributed by atoms with Crippen LogP contribution in [-0.2, 0) is 15.0 Å². The number of carbonyl (C=O) groups excluding carboxylic acids is 2. The molecule has 0 aliphatic carbocycles. The van der Waals surface area contributed by atoms with Crippen LogP contribution in [0.2, 0.25) is 0 Å². The van der Waals surface area contributed by atoms with E-state index >= 15 is 0 Å². The number of anilines is 1. The lowest BCUT2D eigenvalue weighted by Gasteiger charge is -2.26. The van der Waals surface area contributed by atoms with Crippen LogP contribution in [0.3, 0.4) is 0 Å². The number of rotatable bonds is 5. The fourth-order valence-corrected chi connectivity index (χ4v) is 4.31. The van der Waals surface area contributed by atoms with Gasteiger partial charge in [0.1, 0.15) is 17.3 Å². The number of nitrogens with zero attached hydrogens (tertiary/aromatic N) is 2. The molecule has 1 aliphatic rings.